The molecule has 0 fully saturated rings. The van der Waals surface area contributed by atoms with Crippen LogP contribution in [0, 0.1) is 0 Å². The molecule has 1 unspecified atom stereocenters. The zero-order valence-electron chi connectivity index (χ0n) is 17.9. The maximum Gasteiger partial charge on any atom is 0.414 e. The highest BCUT2D eigenvalue weighted by atomic mass is 16.6. The smallest absolute Gasteiger partial charge is 0.414 e. The van der Waals surface area contributed by atoms with Gasteiger partial charge in [-0.2, -0.15) is 0 Å². The first kappa shape index (κ1) is 22.5. The quantitative estimate of drug-likeness (QED) is 0.638. The van der Waals surface area contributed by atoms with Crippen LogP contribution in [0.1, 0.15) is 45.2 Å². The van der Waals surface area contributed by atoms with E-state index in [0.29, 0.717) is 13.0 Å². The Bertz CT molecular complexity index is 802. The van der Waals surface area contributed by atoms with E-state index in [0.717, 1.165) is 22.6 Å². The molecule has 1 N–H and O–H groups in total. The molecular weight excluding hydrogens is 366 g/mol. The molecule has 0 aliphatic rings. The second kappa shape index (κ2) is 10.1. The lowest BCUT2D eigenvalue weighted by molar-refractivity contribution is 0.0589. The lowest BCUT2D eigenvalue weighted by atomic mass is 10.1. The van der Waals surface area contributed by atoms with Gasteiger partial charge < -0.3 is 14.6 Å². The Kier molecular flexibility index (Phi) is 7.85. The monoisotopic (exact) mass is 397 g/mol. The molecule has 0 aliphatic carbocycles. The highest BCUT2D eigenvalue weighted by molar-refractivity contribution is 5.87. The van der Waals surface area contributed by atoms with Crippen LogP contribution in [-0.2, 0) is 4.74 Å². The first-order chi connectivity index (χ1) is 13.6. The number of rotatable bonds is 7. The topological polar surface area (TPSA) is 59.0 Å². The summed E-state index contributed by atoms with van der Waals surface area (Å²) >= 11 is 0. The van der Waals surface area contributed by atoms with Gasteiger partial charge in [-0.1, -0.05) is 36.4 Å². The maximum atomic E-state index is 12.1. The minimum absolute atomic E-state index is 0.354. The van der Waals surface area contributed by atoms with Crippen molar-refractivity contribution in [2.75, 3.05) is 18.6 Å². The molecule has 1 atom stereocenters. The number of hydrogen-bond acceptors (Lipinski definition) is 4. The van der Waals surface area contributed by atoms with Crippen LogP contribution in [0.3, 0.4) is 0 Å². The molecular formula is C24H31NO4. The number of carbonyl (C=O) groups excluding carboxylic acids is 1. The molecule has 0 aliphatic heterocycles. The molecule has 2 rings (SSSR count). The number of hydrogen-bond donors (Lipinski definition) is 1. The standard InChI is InChI=1S/C24H31NO4/c1-18(26)16-17-28-22-14-10-20(11-15-22)7-6-19-8-12-21(13-9-19)25(5)23(27)29-24(2,3)4/h6-15,18,26H,16-17H2,1-5H3/b7-6+. The summed E-state index contributed by atoms with van der Waals surface area (Å²) in [5.74, 6) is 0.789. The average Bonchev–Trinajstić information content (AvgIpc) is 2.65. The van der Waals surface area contributed by atoms with Crippen molar-refractivity contribution in [2.45, 2.75) is 45.8 Å². The summed E-state index contributed by atoms with van der Waals surface area (Å²) in [5.41, 5.74) is 2.34. The molecule has 5 nitrogen and oxygen atoms in total. The lowest BCUT2D eigenvalue weighted by Gasteiger charge is -2.24. The summed E-state index contributed by atoms with van der Waals surface area (Å²) in [4.78, 5) is 13.6. The summed E-state index contributed by atoms with van der Waals surface area (Å²) in [6, 6.07) is 15.5. The van der Waals surface area contributed by atoms with Crippen molar-refractivity contribution in [3.8, 4) is 5.75 Å². The molecule has 0 aromatic heterocycles. The van der Waals surface area contributed by atoms with Gasteiger partial charge in [0, 0.05) is 19.2 Å². The first-order valence-corrected chi connectivity index (χ1v) is 9.80. The normalized spacial score (nSPS) is 12.6. The fourth-order valence-corrected chi connectivity index (χ4v) is 2.46. The van der Waals surface area contributed by atoms with Crippen molar-refractivity contribution in [1.82, 2.24) is 0 Å². The van der Waals surface area contributed by atoms with Crippen molar-refractivity contribution in [3.63, 3.8) is 0 Å². The summed E-state index contributed by atoms with van der Waals surface area (Å²) in [6.07, 6.45) is 3.91. The van der Waals surface area contributed by atoms with Gasteiger partial charge in [0.05, 0.1) is 12.7 Å². The molecule has 5 heteroatoms. The average molecular weight is 398 g/mol. The molecule has 0 radical (unpaired) electrons. The van der Waals surface area contributed by atoms with Crippen molar-refractivity contribution >= 4 is 23.9 Å². The first-order valence-electron chi connectivity index (χ1n) is 9.80. The van der Waals surface area contributed by atoms with Gasteiger partial charge in [-0.25, -0.2) is 4.79 Å². The summed E-state index contributed by atoms with van der Waals surface area (Å²) in [5, 5.41) is 9.26. The van der Waals surface area contributed by atoms with Crippen LogP contribution in [0.5, 0.6) is 5.75 Å². The molecule has 156 valence electrons. The van der Waals surface area contributed by atoms with Crippen LogP contribution >= 0.6 is 0 Å². The van der Waals surface area contributed by atoms with Crippen LogP contribution < -0.4 is 9.64 Å². The van der Waals surface area contributed by atoms with Gasteiger partial charge in [-0.05, 0) is 63.1 Å². The zero-order chi connectivity index (χ0) is 21.4. The second-order valence-corrected chi connectivity index (χ2v) is 8.02. The molecule has 2 aromatic carbocycles. The minimum atomic E-state index is -0.522. The van der Waals surface area contributed by atoms with Crippen LogP contribution in [0.2, 0.25) is 0 Å². The van der Waals surface area contributed by atoms with E-state index >= 15 is 0 Å². The van der Waals surface area contributed by atoms with Crippen LogP contribution in [0.4, 0.5) is 10.5 Å². The fraction of sp³-hybridized carbons (Fsp3) is 0.375. The Morgan fingerprint density at radius 1 is 1.03 bits per heavy atom. The molecule has 0 bridgehead atoms. The third-order valence-electron chi connectivity index (χ3n) is 4.10. The predicted octanol–water partition coefficient (Wildman–Crippen LogP) is 5.38. The Morgan fingerprint density at radius 3 is 2.03 bits per heavy atom. The molecule has 0 spiro atoms. The second-order valence-electron chi connectivity index (χ2n) is 8.02. The molecule has 29 heavy (non-hydrogen) atoms. The van der Waals surface area contributed by atoms with Gasteiger partial charge in [0.25, 0.3) is 0 Å². The number of amides is 1. The number of carbonyl (C=O) groups is 1. The number of ether oxygens (including phenoxy) is 2. The SMILES string of the molecule is CC(O)CCOc1ccc(/C=C/c2ccc(N(C)C(=O)OC(C)(C)C)cc2)cc1. The Morgan fingerprint density at radius 2 is 1.55 bits per heavy atom. The Labute approximate surface area is 173 Å². The van der Waals surface area contributed by atoms with Gasteiger partial charge in [0.2, 0.25) is 0 Å². The molecule has 0 heterocycles. The predicted molar refractivity (Wildman–Crippen MR) is 118 cm³/mol. The number of nitrogens with zero attached hydrogens (tertiary/aromatic N) is 1. The lowest BCUT2D eigenvalue weighted by Crippen LogP contribution is -2.34. The molecule has 1 amide bonds. The number of benzene rings is 2. The third kappa shape index (κ3) is 8.00. The Balaban J connectivity index is 1.93. The van der Waals surface area contributed by atoms with E-state index < -0.39 is 5.60 Å². The number of anilines is 1. The number of aliphatic hydroxyl groups is 1. The van der Waals surface area contributed by atoms with E-state index in [9.17, 15) is 9.90 Å². The molecule has 0 saturated heterocycles. The summed E-state index contributed by atoms with van der Waals surface area (Å²) in [7, 11) is 1.70. The van der Waals surface area contributed by atoms with Gasteiger partial charge >= 0.3 is 6.09 Å². The fourth-order valence-electron chi connectivity index (χ4n) is 2.46. The van der Waals surface area contributed by atoms with Gasteiger partial charge in [-0.3, -0.25) is 4.90 Å². The van der Waals surface area contributed by atoms with Gasteiger partial charge in [0.1, 0.15) is 11.4 Å². The largest absolute Gasteiger partial charge is 0.493 e. The molecule has 0 saturated carbocycles. The number of aliphatic hydroxyl groups excluding tert-OH is 1. The van der Waals surface area contributed by atoms with E-state index in [1.807, 2.05) is 81.5 Å². The van der Waals surface area contributed by atoms with E-state index in [-0.39, 0.29) is 12.2 Å². The van der Waals surface area contributed by atoms with Crippen molar-refractivity contribution < 1.29 is 19.4 Å². The highest BCUT2D eigenvalue weighted by Gasteiger charge is 2.20. The van der Waals surface area contributed by atoms with E-state index in [4.69, 9.17) is 9.47 Å². The van der Waals surface area contributed by atoms with Crippen molar-refractivity contribution in [2.24, 2.45) is 0 Å². The summed E-state index contributed by atoms with van der Waals surface area (Å²) in [6.45, 7) is 7.79. The van der Waals surface area contributed by atoms with Crippen molar-refractivity contribution in [3.05, 3.63) is 59.7 Å². The van der Waals surface area contributed by atoms with Gasteiger partial charge in [-0.15, -0.1) is 0 Å². The van der Waals surface area contributed by atoms with Crippen molar-refractivity contribution in [1.29, 1.82) is 0 Å². The van der Waals surface area contributed by atoms with Crippen LogP contribution in [0.15, 0.2) is 48.5 Å². The summed E-state index contributed by atoms with van der Waals surface area (Å²) < 4.78 is 11.0. The van der Waals surface area contributed by atoms with Crippen LogP contribution in [0.25, 0.3) is 12.2 Å². The van der Waals surface area contributed by atoms with Gasteiger partial charge in [0.15, 0.2) is 0 Å². The third-order valence-corrected chi connectivity index (χ3v) is 4.10. The highest BCUT2D eigenvalue weighted by Crippen LogP contribution is 2.19. The Hall–Kier alpha value is -2.79. The van der Waals surface area contributed by atoms with E-state index in [1.165, 1.54) is 4.90 Å². The maximum absolute atomic E-state index is 12.1. The minimum Gasteiger partial charge on any atom is -0.493 e. The van der Waals surface area contributed by atoms with E-state index in [1.54, 1.807) is 14.0 Å². The van der Waals surface area contributed by atoms with Crippen LogP contribution in [-0.4, -0.2) is 36.6 Å². The molecule has 2 aromatic rings. The van der Waals surface area contributed by atoms with E-state index in [2.05, 4.69) is 0 Å². The zero-order valence-corrected chi connectivity index (χ0v) is 17.9.